The van der Waals surface area contributed by atoms with Crippen molar-refractivity contribution >= 4 is 77.5 Å². The molecule has 0 aliphatic carbocycles. The lowest BCUT2D eigenvalue weighted by molar-refractivity contribution is -0.174. The van der Waals surface area contributed by atoms with Crippen LogP contribution in [0.3, 0.4) is 0 Å². The number of carbonyl (C=O) groups excluding carboxylic acids is 13. The molecule has 19 atom stereocenters. The molecule has 0 aromatic rings. The molecular formula is C79H130F3N25O19. The number of likely N-dealkylation sites (N-methyl/N-ethyl adjacent to an activating group) is 6. The molecule has 706 valence electrons. The van der Waals surface area contributed by atoms with Gasteiger partial charge in [-0.3, -0.25) is 62.6 Å². The molecular weight excluding hydrogens is 1660 g/mol. The van der Waals surface area contributed by atoms with Gasteiger partial charge in [-0.05, 0) is 168 Å². The van der Waals surface area contributed by atoms with Crippen molar-refractivity contribution in [2.24, 2.45) is 0 Å². The van der Waals surface area contributed by atoms with Crippen molar-refractivity contribution in [1.29, 1.82) is 0 Å². The van der Waals surface area contributed by atoms with Gasteiger partial charge < -0.3 is 96.0 Å². The van der Waals surface area contributed by atoms with Crippen molar-refractivity contribution in [1.82, 2.24) is 129 Å². The minimum absolute atomic E-state index is 0.0350. The summed E-state index contributed by atoms with van der Waals surface area (Å²) >= 11 is 0. The van der Waals surface area contributed by atoms with E-state index in [1.165, 1.54) is 17.7 Å². The molecule has 44 nitrogen and oxygen atoms in total. The van der Waals surface area contributed by atoms with E-state index in [9.17, 15) is 75.5 Å². The fraction of sp³-hybridized carbons (Fsp3) is 0.835. The summed E-state index contributed by atoms with van der Waals surface area (Å²) in [6.45, 7) is 11.5. The second kappa shape index (κ2) is 43.6. The molecule has 47 heteroatoms. The number of urea groups is 6. The Bertz CT molecular complexity index is 3670. The summed E-state index contributed by atoms with van der Waals surface area (Å²) in [4.78, 5) is 207. The van der Waals surface area contributed by atoms with Crippen LogP contribution in [0, 0.1) is 0 Å². The maximum atomic E-state index is 12.3. The van der Waals surface area contributed by atoms with Crippen molar-refractivity contribution in [2.75, 3.05) is 160 Å². The Hall–Kier alpha value is -8.78. The highest BCUT2D eigenvalue weighted by atomic mass is 19.4. The molecule has 0 aromatic heterocycles. The summed E-state index contributed by atoms with van der Waals surface area (Å²) < 4.78 is 36.7. The Morgan fingerprint density at radius 1 is 0.302 bits per heavy atom. The standard InChI is InChI=1S/C15H22F3N5O4.C14H24N4O3.2C13H22N4O3.2C12H20N4O3/c1-22-10-2-3-11(23(6-10)14(22)26)12(24)21-27-7-9-4-8(5-19-9)20-13(25)15(16,17)18;1-17-11-5-6-12(18(8-11)14(17)20)13(19)16-21-9-10-4-2-3-7-15-10;2*1-16-10-4-5-11(17(7-10)13(16)19)12(18)15-20-8-9-3-2-6-14-9;2*1-15-9-2-3-10(16(6-9)12(15)18)11(17)14-19-7-8-4-5-13-8/h8-11,19H,2-7H2,1H3,(H,20,25)(H,21,24);10-12,15H,2-9H2,1H3,(H,16,19);2*9-11,14H,2-8H2,1H3,(H,15,18);2*8-10,13H,2-7H2,1H3,(H,14,17)/t8-,9-,10+,11-;10?,11-,12+;9-,10+,11-;9-,10-,11+;8-,9+,10-;8-,9-,10+/m010101/s1. The van der Waals surface area contributed by atoms with Crippen LogP contribution in [0.4, 0.5) is 41.9 Å². The van der Waals surface area contributed by atoms with Gasteiger partial charge in [0.05, 0.1) is 75.9 Å². The summed E-state index contributed by atoms with van der Waals surface area (Å²) in [6, 6.07) is -0.848. The molecule has 18 fully saturated rings. The highest BCUT2D eigenvalue weighted by Crippen LogP contribution is 2.35. The quantitative estimate of drug-likeness (QED) is 0.0416. The monoisotopic (exact) mass is 1790 g/mol. The number of fused-ring (bicyclic) bond motifs is 12. The number of nitrogens with zero attached hydrogens (tertiary/aromatic N) is 12. The molecule has 12 bridgehead atoms. The highest BCUT2D eigenvalue weighted by molar-refractivity contribution is 5.92. The van der Waals surface area contributed by atoms with Crippen LogP contribution in [0.25, 0.3) is 0 Å². The first-order valence-electron chi connectivity index (χ1n) is 45.0. The van der Waals surface area contributed by atoms with Crippen LogP contribution in [-0.4, -0.2) is 418 Å². The van der Waals surface area contributed by atoms with E-state index in [0.29, 0.717) is 141 Å². The summed E-state index contributed by atoms with van der Waals surface area (Å²) in [5.41, 5.74) is 14.8. The van der Waals surface area contributed by atoms with Crippen LogP contribution in [0.5, 0.6) is 0 Å². The van der Waals surface area contributed by atoms with E-state index in [1.54, 1.807) is 96.2 Å². The van der Waals surface area contributed by atoms with E-state index in [2.05, 4.69) is 64.8 Å². The second-order valence-corrected chi connectivity index (χ2v) is 36.0. The summed E-state index contributed by atoms with van der Waals surface area (Å²) in [5, 5.41) is 21.2. The lowest BCUT2D eigenvalue weighted by Gasteiger charge is -2.30. The van der Waals surface area contributed by atoms with E-state index < -0.39 is 36.1 Å². The van der Waals surface area contributed by atoms with Crippen LogP contribution in [-0.2, 0) is 62.6 Å². The molecule has 0 spiro atoms. The maximum Gasteiger partial charge on any atom is 0.471 e. The topological polar surface area (TPSA) is 473 Å². The number of amides is 19. The maximum absolute atomic E-state index is 12.3. The predicted octanol–water partition coefficient (Wildman–Crippen LogP) is -2.63. The Morgan fingerprint density at radius 3 is 0.746 bits per heavy atom. The molecule has 126 heavy (non-hydrogen) atoms. The number of rotatable bonds is 25. The van der Waals surface area contributed by atoms with Gasteiger partial charge in [0.1, 0.15) is 36.3 Å². The minimum Gasteiger partial charge on any atom is -0.344 e. The van der Waals surface area contributed by atoms with Crippen LogP contribution < -0.4 is 70.1 Å². The minimum atomic E-state index is -4.91. The zero-order valence-corrected chi connectivity index (χ0v) is 73.0. The van der Waals surface area contributed by atoms with Gasteiger partial charge in [0.2, 0.25) is 0 Å². The average molecular weight is 1790 g/mol. The predicted molar refractivity (Wildman–Crippen MR) is 440 cm³/mol. The lowest BCUT2D eigenvalue weighted by Crippen LogP contribution is -2.51. The Labute approximate surface area is 730 Å². The normalized spacial score (nSPS) is 32.4. The molecule has 19 amide bonds. The van der Waals surface area contributed by atoms with E-state index in [4.69, 9.17) is 29.0 Å². The molecule has 18 saturated heterocycles. The van der Waals surface area contributed by atoms with Crippen LogP contribution in [0.15, 0.2) is 0 Å². The summed E-state index contributed by atoms with van der Waals surface area (Å²) in [5.74, 6) is -3.41. The van der Waals surface area contributed by atoms with Crippen molar-refractivity contribution < 1.29 is 105 Å². The van der Waals surface area contributed by atoms with Gasteiger partial charge in [0.15, 0.2) is 0 Å². The van der Waals surface area contributed by atoms with Gasteiger partial charge in [0, 0.05) is 130 Å². The molecule has 18 rings (SSSR count). The third-order valence-electron chi connectivity index (χ3n) is 27.9. The number of carbonyl (C=O) groups is 13. The number of halogens is 3. The third-order valence-corrected chi connectivity index (χ3v) is 27.9. The third kappa shape index (κ3) is 23.3. The zero-order valence-electron chi connectivity index (χ0n) is 73.0. The van der Waals surface area contributed by atoms with Crippen LogP contribution in [0.2, 0.25) is 0 Å². The van der Waals surface area contributed by atoms with Gasteiger partial charge in [-0.25, -0.2) is 61.6 Å². The molecule has 18 aliphatic heterocycles. The molecule has 18 aliphatic rings. The fourth-order valence-electron chi connectivity index (χ4n) is 19.5. The number of alkyl halides is 3. The number of hydroxylamine groups is 6. The fourth-order valence-corrected chi connectivity index (χ4v) is 19.5. The van der Waals surface area contributed by atoms with Gasteiger partial charge >= 0.3 is 48.3 Å². The first-order chi connectivity index (χ1) is 60.5. The summed E-state index contributed by atoms with van der Waals surface area (Å²) in [7, 11) is 10.7. The smallest absolute Gasteiger partial charge is 0.344 e. The van der Waals surface area contributed by atoms with E-state index in [1.807, 2.05) is 5.32 Å². The van der Waals surface area contributed by atoms with E-state index in [-0.39, 0.29) is 152 Å². The van der Waals surface area contributed by atoms with Crippen LogP contribution in [0.1, 0.15) is 141 Å². The SMILES string of the molecule is CN1C(=O)N2C[C@H]1CC[C@H]2C(=O)NOCC1CCCCN1.CN1C(=O)N2C[C@H]1CC[C@H]2C(=O)NOC[C@@H]1CCCN1.CN1C(=O)N2C[C@H]1CC[C@H]2C(=O)NOC[C@@H]1CCN1.CN1C(=O)N2C[C@H]1CC[C@H]2C(=O)NOC[C@@H]1C[C@H](NC(=O)C(F)(F)F)CN1.CN1C(=O)N2C[C@H]1CC[C@H]2C(=O)NOC[C@H]1CCCN1.CN1C(=O)N2C[C@H]1CC[C@H]2C(=O)NOC[C@H]1CCN1. The van der Waals surface area contributed by atoms with E-state index in [0.717, 1.165) is 116 Å². The molecule has 1 unspecified atom stereocenters. The Kier molecular flexibility index (Phi) is 32.8. The zero-order chi connectivity index (χ0) is 89.6. The summed E-state index contributed by atoms with van der Waals surface area (Å²) in [6.07, 6.45) is 14.6. The number of hydrogen-bond donors (Lipinski definition) is 13. The highest BCUT2D eigenvalue weighted by Gasteiger charge is 2.52. The number of hydrogen-bond acceptors (Lipinski definition) is 25. The average Bonchev–Trinajstić information content (AvgIpc) is 1.67. The van der Waals surface area contributed by atoms with Gasteiger partial charge in [-0.1, -0.05) is 6.42 Å². The van der Waals surface area contributed by atoms with Gasteiger partial charge in [0.25, 0.3) is 35.4 Å². The number of nitrogens with one attached hydrogen (secondary N) is 13. The van der Waals surface area contributed by atoms with Crippen molar-refractivity contribution in [2.45, 2.75) is 262 Å². The molecule has 13 N–H and O–H groups in total. The first kappa shape index (κ1) is 94.8. The number of piperidine rings is 7. The Morgan fingerprint density at radius 2 is 0.532 bits per heavy atom. The first-order valence-corrected chi connectivity index (χ1v) is 45.0. The molecule has 0 radical (unpaired) electrons. The largest absolute Gasteiger partial charge is 0.471 e. The molecule has 18 heterocycles. The Balaban J connectivity index is 0.000000130. The van der Waals surface area contributed by atoms with E-state index >= 15 is 0 Å². The van der Waals surface area contributed by atoms with Gasteiger partial charge in [-0.2, -0.15) is 13.2 Å². The molecule has 0 saturated carbocycles. The second-order valence-electron chi connectivity index (χ2n) is 36.0. The van der Waals surface area contributed by atoms with Crippen molar-refractivity contribution in [3.8, 4) is 0 Å². The van der Waals surface area contributed by atoms with Crippen molar-refractivity contribution in [3.63, 3.8) is 0 Å². The molecule has 0 aromatic carbocycles. The van der Waals surface area contributed by atoms with Crippen LogP contribution >= 0.6 is 0 Å². The van der Waals surface area contributed by atoms with Gasteiger partial charge in [-0.15, -0.1) is 0 Å². The van der Waals surface area contributed by atoms with Crippen molar-refractivity contribution in [3.05, 3.63) is 0 Å². The lowest BCUT2D eigenvalue weighted by atomic mass is 10.0.